The summed E-state index contributed by atoms with van der Waals surface area (Å²) < 4.78 is 2.36. The van der Waals surface area contributed by atoms with Crippen LogP contribution in [0, 0.1) is 0 Å². The van der Waals surface area contributed by atoms with Gasteiger partial charge in [0.25, 0.3) is 0 Å². The van der Waals surface area contributed by atoms with Crippen molar-refractivity contribution in [2.45, 2.75) is 63.2 Å². The highest BCUT2D eigenvalue weighted by atomic mass is 16.3. The molecule has 3 nitrogen and oxygen atoms in total. The lowest BCUT2D eigenvalue weighted by molar-refractivity contribution is 0.109. The standard InChI is InChI=1S/C14H21NO2/c16-11-6-4-10(5-7-11)15-9-8-12-13(15)2-1-3-14(12)17/h8-11,14,16-17H,1-7H2. The fourth-order valence-electron chi connectivity index (χ4n) is 3.37. The normalized spacial score (nSPS) is 33.4. The molecule has 1 fully saturated rings. The summed E-state index contributed by atoms with van der Waals surface area (Å²) in [5.74, 6) is 0. The molecule has 1 atom stereocenters. The van der Waals surface area contributed by atoms with E-state index >= 15 is 0 Å². The van der Waals surface area contributed by atoms with Crippen LogP contribution < -0.4 is 0 Å². The third-order valence-electron chi connectivity index (χ3n) is 4.37. The second-order valence-corrected chi connectivity index (χ2v) is 5.50. The van der Waals surface area contributed by atoms with Crippen LogP contribution in [-0.4, -0.2) is 20.9 Å². The molecule has 0 radical (unpaired) electrons. The van der Waals surface area contributed by atoms with E-state index in [9.17, 15) is 10.2 Å². The largest absolute Gasteiger partial charge is 0.393 e. The van der Waals surface area contributed by atoms with E-state index in [1.54, 1.807) is 0 Å². The summed E-state index contributed by atoms with van der Waals surface area (Å²) in [7, 11) is 0. The van der Waals surface area contributed by atoms with Crippen molar-refractivity contribution < 1.29 is 10.2 Å². The van der Waals surface area contributed by atoms with Gasteiger partial charge >= 0.3 is 0 Å². The second-order valence-electron chi connectivity index (χ2n) is 5.50. The topological polar surface area (TPSA) is 45.4 Å². The minimum Gasteiger partial charge on any atom is -0.393 e. The summed E-state index contributed by atoms with van der Waals surface area (Å²) in [6, 6.07) is 2.62. The van der Waals surface area contributed by atoms with Crippen LogP contribution >= 0.6 is 0 Å². The average Bonchev–Trinajstić information content (AvgIpc) is 2.75. The molecule has 0 aromatic carbocycles. The first kappa shape index (κ1) is 11.3. The van der Waals surface area contributed by atoms with E-state index in [1.807, 2.05) is 0 Å². The van der Waals surface area contributed by atoms with Crippen LogP contribution in [0.3, 0.4) is 0 Å². The zero-order valence-corrected chi connectivity index (χ0v) is 10.2. The van der Waals surface area contributed by atoms with Gasteiger partial charge in [0.2, 0.25) is 0 Å². The van der Waals surface area contributed by atoms with Crippen LogP contribution in [0.4, 0.5) is 0 Å². The number of hydrogen-bond donors (Lipinski definition) is 2. The third kappa shape index (κ3) is 2.02. The lowest BCUT2D eigenvalue weighted by Gasteiger charge is -2.30. The van der Waals surface area contributed by atoms with Crippen LogP contribution in [0.1, 0.15) is 61.9 Å². The number of nitrogens with zero attached hydrogens (tertiary/aromatic N) is 1. The van der Waals surface area contributed by atoms with Crippen molar-refractivity contribution in [1.82, 2.24) is 4.57 Å². The minimum absolute atomic E-state index is 0.0942. The fraction of sp³-hybridized carbons (Fsp3) is 0.714. The number of aliphatic hydroxyl groups is 2. The molecule has 0 bridgehead atoms. The van der Waals surface area contributed by atoms with Crippen LogP contribution in [-0.2, 0) is 6.42 Å². The first-order chi connectivity index (χ1) is 8.25. The lowest BCUT2D eigenvalue weighted by Crippen LogP contribution is -2.23. The van der Waals surface area contributed by atoms with Crippen molar-refractivity contribution in [1.29, 1.82) is 0 Å². The first-order valence-electron chi connectivity index (χ1n) is 6.81. The highest BCUT2D eigenvalue weighted by molar-refractivity contribution is 5.28. The molecule has 17 heavy (non-hydrogen) atoms. The van der Waals surface area contributed by atoms with Crippen LogP contribution in [0.25, 0.3) is 0 Å². The van der Waals surface area contributed by atoms with Crippen molar-refractivity contribution >= 4 is 0 Å². The van der Waals surface area contributed by atoms with Crippen molar-refractivity contribution in [2.75, 3.05) is 0 Å². The molecular formula is C14H21NO2. The Balaban J connectivity index is 1.84. The maximum absolute atomic E-state index is 9.96. The molecule has 2 N–H and O–H groups in total. The van der Waals surface area contributed by atoms with E-state index in [0.29, 0.717) is 6.04 Å². The van der Waals surface area contributed by atoms with E-state index in [0.717, 1.165) is 50.5 Å². The molecule has 1 saturated carbocycles. The molecule has 2 aliphatic rings. The Morgan fingerprint density at radius 2 is 1.82 bits per heavy atom. The van der Waals surface area contributed by atoms with E-state index in [-0.39, 0.29) is 12.2 Å². The molecule has 0 amide bonds. The SMILES string of the molecule is OC1CCC(n2ccc3c2CCCC3O)CC1. The molecule has 1 aromatic heterocycles. The van der Waals surface area contributed by atoms with Gasteiger partial charge in [-0.2, -0.15) is 0 Å². The highest BCUT2D eigenvalue weighted by Crippen LogP contribution is 2.36. The summed E-state index contributed by atoms with van der Waals surface area (Å²) in [5, 5.41) is 19.5. The van der Waals surface area contributed by atoms with Gasteiger partial charge in [0.15, 0.2) is 0 Å². The van der Waals surface area contributed by atoms with Gasteiger partial charge in [-0.25, -0.2) is 0 Å². The van der Waals surface area contributed by atoms with Crippen LogP contribution in [0.2, 0.25) is 0 Å². The van der Waals surface area contributed by atoms with Crippen LogP contribution in [0.5, 0.6) is 0 Å². The Hall–Kier alpha value is -0.800. The fourth-order valence-corrected chi connectivity index (χ4v) is 3.37. The number of rotatable bonds is 1. The predicted octanol–water partition coefficient (Wildman–Crippen LogP) is 2.33. The van der Waals surface area contributed by atoms with Gasteiger partial charge in [-0.05, 0) is 51.0 Å². The van der Waals surface area contributed by atoms with Gasteiger partial charge < -0.3 is 14.8 Å². The van der Waals surface area contributed by atoms with Gasteiger partial charge in [-0.15, -0.1) is 0 Å². The Kier molecular flexibility index (Phi) is 2.97. The summed E-state index contributed by atoms with van der Waals surface area (Å²) in [4.78, 5) is 0. The van der Waals surface area contributed by atoms with Crippen LogP contribution in [0.15, 0.2) is 12.3 Å². The van der Waals surface area contributed by atoms with E-state index in [1.165, 1.54) is 5.69 Å². The molecule has 1 unspecified atom stereocenters. The molecule has 0 saturated heterocycles. The Labute approximate surface area is 102 Å². The molecule has 0 spiro atoms. The van der Waals surface area contributed by atoms with Gasteiger partial charge in [0, 0.05) is 23.5 Å². The smallest absolute Gasteiger partial charge is 0.0807 e. The van der Waals surface area contributed by atoms with E-state index < -0.39 is 0 Å². The summed E-state index contributed by atoms with van der Waals surface area (Å²) in [6.45, 7) is 0. The predicted molar refractivity (Wildman–Crippen MR) is 65.8 cm³/mol. The van der Waals surface area contributed by atoms with Crippen molar-refractivity contribution in [3.05, 3.63) is 23.5 Å². The van der Waals surface area contributed by atoms with Crippen molar-refractivity contribution in [3.63, 3.8) is 0 Å². The van der Waals surface area contributed by atoms with Gasteiger partial charge in [0.05, 0.1) is 12.2 Å². The lowest BCUT2D eigenvalue weighted by atomic mass is 9.91. The zero-order valence-electron chi connectivity index (χ0n) is 10.2. The molecule has 94 valence electrons. The molecule has 0 aliphatic heterocycles. The third-order valence-corrected chi connectivity index (χ3v) is 4.37. The molecule has 3 rings (SSSR count). The van der Waals surface area contributed by atoms with Gasteiger partial charge in [0.1, 0.15) is 0 Å². The number of aliphatic hydroxyl groups excluding tert-OH is 2. The number of fused-ring (bicyclic) bond motifs is 1. The maximum Gasteiger partial charge on any atom is 0.0807 e. The molecule has 2 aliphatic carbocycles. The van der Waals surface area contributed by atoms with E-state index in [4.69, 9.17) is 0 Å². The maximum atomic E-state index is 9.96. The second kappa shape index (κ2) is 4.46. The highest BCUT2D eigenvalue weighted by Gasteiger charge is 2.26. The Bertz CT molecular complexity index is 391. The Morgan fingerprint density at radius 1 is 1.06 bits per heavy atom. The van der Waals surface area contributed by atoms with Gasteiger partial charge in [-0.3, -0.25) is 0 Å². The summed E-state index contributed by atoms with van der Waals surface area (Å²) in [5.41, 5.74) is 2.48. The minimum atomic E-state index is -0.255. The van der Waals surface area contributed by atoms with Gasteiger partial charge in [-0.1, -0.05) is 0 Å². The first-order valence-corrected chi connectivity index (χ1v) is 6.81. The monoisotopic (exact) mass is 235 g/mol. The average molecular weight is 235 g/mol. The Morgan fingerprint density at radius 3 is 2.59 bits per heavy atom. The number of hydrogen-bond acceptors (Lipinski definition) is 2. The molecule has 1 aromatic rings. The summed E-state index contributed by atoms with van der Waals surface area (Å²) >= 11 is 0. The number of aromatic nitrogens is 1. The van der Waals surface area contributed by atoms with Crippen molar-refractivity contribution in [2.24, 2.45) is 0 Å². The zero-order chi connectivity index (χ0) is 11.8. The van der Waals surface area contributed by atoms with E-state index in [2.05, 4.69) is 16.8 Å². The van der Waals surface area contributed by atoms with Crippen molar-refractivity contribution in [3.8, 4) is 0 Å². The molecular weight excluding hydrogens is 214 g/mol. The quantitative estimate of drug-likeness (QED) is 0.784. The molecule has 3 heteroatoms. The summed E-state index contributed by atoms with van der Waals surface area (Å²) in [6.07, 6.45) is 8.85. The molecule has 1 heterocycles.